The van der Waals surface area contributed by atoms with E-state index in [1.165, 1.54) is 22.3 Å². The zero-order valence-electron chi connectivity index (χ0n) is 16.4. The SMILES string of the molecule is C=CCCC(C(C)C)(C1C=CC=C1)C1c2ccccc2-c2ccccc21.[Zr]. The Hall–Kier alpha value is -1.46. The Labute approximate surface area is 183 Å². The fraction of sp³-hybridized carbons (Fsp3) is 0.308. The Bertz CT molecular complexity index is 816. The summed E-state index contributed by atoms with van der Waals surface area (Å²) in [4.78, 5) is 0. The maximum Gasteiger partial charge on any atom is 0.0169 e. The van der Waals surface area contributed by atoms with E-state index in [9.17, 15) is 0 Å². The van der Waals surface area contributed by atoms with Gasteiger partial charge in [0.2, 0.25) is 0 Å². The summed E-state index contributed by atoms with van der Waals surface area (Å²) >= 11 is 0. The first-order chi connectivity index (χ1) is 12.7. The van der Waals surface area contributed by atoms with Crippen molar-refractivity contribution >= 4 is 0 Å². The molecule has 2 aromatic rings. The zero-order chi connectivity index (χ0) is 18.1. The molecule has 2 aliphatic rings. The van der Waals surface area contributed by atoms with E-state index >= 15 is 0 Å². The van der Waals surface area contributed by atoms with Crippen LogP contribution in [0.2, 0.25) is 0 Å². The molecule has 2 aliphatic carbocycles. The molecular formula is C26H28Zr. The van der Waals surface area contributed by atoms with Gasteiger partial charge < -0.3 is 0 Å². The maximum atomic E-state index is 4.03. The molecule has 0 aromatic heterocycles. The van der Waals surface area contributed by atoms with Crippen LogP contribution in [0.4, 0.5) is 0 Å². The molecule has 1 atom stereocenters. The van der Waals surface area contributed by atoms with Crippen molar-refractivity contribution in [3.8, 4) is 11.1 Å². The second-order valence-electron chi connectivity index (χ2n) is 8.00. The molecule has 0 fully saturated rings. The van der Waals surface area contributed by atoms with E-state index in [1.54, 1.807) is 0 Å². The van der Waals surface area contributed by atoms with Gasteiger partial charge in [0.15, 0.2) is 0 Å². The van der Waals surface area contributed by atoms with E-state index in [0.717, 1.165) is 12.8 Å². The molecule has 0 radical (unpaired) electrons. The average molecular weight is 432 g/mol. The predicted octanol–water partition coefficient (Wildman–Crippen LogP) is 7.15. The van der Waals surface area contributed by atoms with E-state index in [1.807, 2.05) is 0 Å². The minimum Gasteiger partial charge on any atom is -0.103 e. The predicted molar refractivity (Wildman–Crippen MR) is 112 cm³/mol. The standard InChI is InChI=1S/C26H28.Zr/c1-4-5-18-26(19(2)3,20-12-6-7-13-20)25-23-16-10-8-14-21(23)22-15-9-11-17-24(22)25;/h4,6-17,19-20,25H,1,5,18H2,2-3H3;. The van der Waals surface area contributed by atoms with Crippen molar-refractivity contribution in [1.82, 2.24) is 0 Å². The molecule has 0 N–H and O–H groups in total. The molecule has 0 bridgehead atoms. The fourth-order valence-electron chi connectivity index (χ4n) is 5.39. The molecule has 4 rings (SSSR count). The van der Waals surface area contributed by atoms with Crippen LogP contribution in [-0.4, -0.2) is 0 Å². The Kier molecular flexibility index (Phi) is 6.22. The van der Waals surface area contributed by atoms with Gasteiger partial charge in [0.25, 0.3) is 0 Å². The Morgan fingerprint density at radius 2 is 1.44 bits per heavy atom. The van der Waals surface area contributed by atoms with Gasteiger partial charge in [-0.1, -0.05) is 92.8 Å². The van der Waals surface area contributed by atoms with Crippen LogP contribution in [0.1, 0.15) is 43.7 Å². The average Bonchev–Trinajstić information content (AvgIpc) is 3.30. The first kappa shape index (κ1) is 20.3. The van der Waals surface area contributed by atoms with E-state index in [-0.39, 0.29) is 31.6 Å². The van der Waals surface area contributed by atoms with Gasteiger partial charge in [-0.05, 0) is 46.4 Å². The molecule has 2 aromatic carbocycles. The normalized spacial score (nSPS) is 17.4. The van der Waals surface area contributed by atoms with E-state index in [0.29, 0.717) is 17.8 Å². The van der Waals surface area contributed by atoms with Gasteiger partial charge in [0.05, 0.1) is 0 Å². The summed E-state index contributed by atoms with van der Waals surface area (Å²) in [5, 5.41) is 0. The van der Waals surface area contributed by atoms with Crippen molar-refractivity contribution in [3.05, 3.63) is 96.6 Å². The van der Waals surface area contributed by atoms with E-state index in [4.69, 9.17) is 0 Å². The van der Waals surface area contributed by atoms with Crippen molar-refractivity contribution in [2.45, 2.75) is 32.6 Å². The van der Waals surface area contributed by atoms with Crippen LogP contribution in [0.25, 0.3) is 11.1 Å². The van der Waals surface area contributed by atoms with Gasteiger partial charge in [0, 0.05) is 38.0 Å². The molecule has 27 heavy (non-hydrogen) atoms. The molecule has 0 nitrogen and oxygen atoms in total. The second kappa shape index (κ2) is 8.28. The first-order valence-electron chi connectivity index (χ1n) is 9.84. The third-order valence-corrected chi connectivity index (χ3v) is 6.60. The van der Waals surface area contributed by atoms with Crippen LogP contribution >= 0.6 is 0 Å². The van der Waals surface area contributed by atoms with E-state index in [2.05, 4.69) is 99.3 Å². The summed E-state index contributed by atoms with van der Waals surface area (Å²) in [6, 6.07) is 18.1. The molecular weight excluding hydrogens is 404 g/mol. The fourth-order valence-corrected chi connectivity index (χ4v) is 5.39. The van der Waals surface area contributed by atoms with Gasteiger partial charge in [-0.2, -0.15) is 0 Å². The third kappa shape index (κ3) is 3.19. The summed E-state index contributed by atoms with van der Waals surface area (Å²) in [5.41, 5.74) is 5.99. The Morgan fingerprint density at radius 3 is 1.93 bits per heavy atom. The Morgan fingerprint density at radius 1 is 0.926 bits per heavy atom. The van der Waals surface area contributed by atoms with Crippen LogP contribution < -0.4 is 0 Å². The van der Waals surface area contributed by atoms with Crippen molar-refractivity contribution in [1.29, 1.82) is 0 Å². The second-order valence-corrected chi connectivity index (χ2v) is 8.00. The number of benzene rings is 2. The molecule has 136 valence electrons. The van der Waals surface area contributed by atoms with Gasteiger partial charge in [-0.3, -0.25) is 0 Å². The largest absolute Gasteiger partial charge is 0.103 e. The minimum absolute atomic E-state index is 0. The van der Waals surface area contributed by atoms with Crippen molar-refractivity contribution < 1.29 is 26.2 Å². The molecule has 1 heteroatoms. The quantitative estimate of drug-likeness (QED) is 0.426. The maximum absolute atomic E-state index is 4.03. The molecule has 0 amide bonds. The summed E-state index contributed by atoms with van der Waals surface area (Å²) in [6.07, 6.45) is 13.6. The van der Waals surface area contributed by atoms with Crippen LogP contribution in [0.5, 0.6) is 0 Å². The molecule has 0 spiro atoms. The van der Waals surface area contributed by atoms with Gasteiger partial charge in [0.1, 0.15) is 0 Å². The first-order valence-corrected chi connectivity index (χ1v) is 9.84. The third-order valence-electron chi connectivity index (χ3n) is 6.60. The summed E-state index contributed by atoms with van der Waals surface area (Å²) in [6.45, 7) is 8.85. The molecule has 0 heterocycles. The van der Waals surface area contributed by atoms with Crippen LogP contribution in [0.3, 0.4) is 0 Å². The smallest absolute Gasteiger partial charge is 0.0169 e. The molecule has 0 aliphatic heterocycles. The topological polar surface area (TPSA) is 0 Å². The summed E-state index contributed by atoms with van der Waals surface area (Å²) in [5.74, 6) is 1.45. The van der Waals surface area contributed by atoms with Crippen molar-refractivity contribution in [2.24, 2.45) is 17.3 Å². The van der Waals surface area contributed by atoms with Crippen LogP contribution in [0, 0.1) is 17.3 Å². The van der Waals surface area contributed by atoms with Crippen molar-refractivity contribution in [2.75, 3.05) is 0 Å². The van der Waals surface area contributed by atoms with Crippen LogP contribution in [-0.2, 0) is 26.2 Å². The monoisotopic (exact) mass is 430 g/mol. The Balaban J connectivity index is 0.00000210. The molecule has 1 unspecified atom stereocenters. The van der Waals surface area contributed by atoms with Gasteiger partial charge in [-0.15, -0.1) is 6.58 Å². The van der Waals surface area contributed by atoms with Gasteiger partial charge >= 0.3 is 0 Å². The zero-order valence-corrected chi connectivity index (χ0v) is 18.8. The molecule has 0 saturated carbocycles. The number of hydrogen-bond donors (Lipinski definition) is 0. The summed E-state index contributed by atoms with van der Waals surface area (Å²) in [7, 11) is 0. The van der Waals surface area contributed by atoms with Crippen molar-refractivity contribution in [3.63, 3.8) is 0 Å². The summed E-state index contributed by atoms with van der Waals surface area (Å²) < 4.78 is 0. The molecule has 0 saturated heterocycles. The number of rotatable bonds is 6. The number of hydrogen-bond acceptors (Lipinski definition) is 0. The van der Waals surface area contributed by atoms with Crippen LogP contribution in [0.15, 0.2) is 85.5 Å². The minimum atomic E-state index is 0. The van der Waals surface area contributed by atoms with Gasteiger partial charge in [-0.25, -0.2) is 0 Å². The number of fused-ring (bicyclic) bond motifs is 3. The number of allylic oxidation sites excluding steroid dienone is 5. The van der Waals surface area contributed by atoms with E-state index < -0.39 is 0 Å².